The second kappa shape index (κ2) is 5.65. The molecule has 4 nitrogen and oxygen atoms in total. The van der Waals surface area contributed by atoms with Crippen molar-refractivity contribution in [3.63, 3.8) is 0 Å². The normalized spacial score (nSPS) is 26.3. The molecule has 2 N–H and O–H groups in total. The van der Waals surface area contributed by atoms with E-state index in [1.54, 1.807) is 0 Å². The van der Waals surface area contributed by atoms with Crippen molar-refractivity contribution < 1.29 is 0 Å². The van der Waals surface area contributed by atoms with Crippen LogP contribution in [0.25, 0.3) is 0 Å². The zero-order valence-electron chi connectivity index (χ0n) is 11.0. The number of hydrogen-bond acceptors (Lipinski definition) is 3. The lowest BCUT2D eigenvalue weighted by molar-refractivity contribution is 0.124. The molecular weight excluding hydrogens is 212 g/mol. The Kier molecular flexibility index (Phi) is 4.18. The van der Waals surface area contributed by atoms with Crippen molar-refractivity contribution in [1.82, 2.24) is 14.7 Å². The Labute approximate surface area is 104 Å². The number of nitrogens with zero attached hydrogens (tertiary/aromatic N) is 3. The molecule has 4 heteroatoms. The van der Waals surface area contributed by atoms with Gasteiger partial charge in [0.15, 0.2) is 0 Å². The maximum absolute atomic E-state index is 5.87. The van der Waals surface area contributed by atoms with Crippen LogP contribution in [0.4, 0.5) is 0 Å². The summed E-state index contributed by atoms with van der Waals surface area (Å²) >= 11 is 0. The first-order valence-electron chi connectivity index (χ1n) is 6.60. The Hall–Kier alpha value is -0.870. The summed E-state index contributed by atoms with van der Waals surface area (Å²) in [5.41, 5.74) is 7.19. The largest absolute Gasteiger partial charge is 0.329 e. The molecule has 0 saturated carbocycles. The molecule has 17 heavy (non-hydrogen) atoms. The number of rotatable bonds is 4. The van der Waals surface area contributed by atoms with Gasteiger partial charge in [0.1, 0.15) is 0 Å². The smallest absolute Gasteiger partial charge is 0.0522 e. The van der Waals surface area contributed by atoms with E-state index in [0.29, 0.717) is 6.04 Å². The standard InChI is InChI=1S/C13H24N4/c1-11-3-5-17(13(7-11)8-14)6-4-12-9-15-16(2)10-12/h9-11,13H,3-8,14H2,1-2H3. The third kappa shape index (κ3) is 3.30. The van der Waals surface area contributed by atoms with Crippen LogP contribution in [0.15, 0.2) is 12.4 Å². The average molecular weight is 236 g/mol. The fraction of sp³-hybridized carbons (Fsp3) is 0.769. The molecule has 2 rings (SSSR count). The minimum atomic E-state index is 0.579. The van der Waals surface area contributed by atoms with E-state index in [2.05, 4.69) is 23.1 Å². The Morgan fingerprint density at radius 3 is 3.00 bits per heavy atom. The molecule has 1 aromatic rings. The third-order valence-corrected chi connectivity index (χ3v) is 3.82. The Bertz CT molecular complexity index is 347. The summed E-state index contributed by atoms with van der Waals surface area (Å²) in [7, 11) is 1.97. The van der Waals surface area contributed by atoms with E-state index >= 15 is 0 Å². The Morgan fingerprint density at radius 2 is 2.35 bits per heavy atom. The number of hydrogen-bond donors (Lipinski definition) is 1. The van der Waals surface area contributed by atoms with Crippen molar-refractivity contribution in [3.05, 3.63) is 18.0 Å². The van der Waals surface area contributed by atoms with Crippen LogP contribution in [0.3, 0.4) is 0 Å². The van der Waals surface area contributed by atoms with Crippen molar-refractivity contribution >= 4 is 0 Å². The molecular formula is C13H24N4. The molecule has 0 spiro atoms. The molecule has 1 fully saturated rings. The first kappa shape index (κ1) is 12.6. The van der Waals surface area contributed by atoms with Crippen molar-refractivity contribution in [2.75, 3.05) is 19.6 Å². The van der Waals surface area contributed by atoms with Gasteiger partial charge in [0.05, 0.1) is 6.20 Å². The van der Waals surface area contributed by atoms with Crippen LogP contribution in [-0.4, -0.2) is 40.4 Å². The number of likely N-dealkylation sites (tertiary alicyclic amines) is 1. The Morgan fingerprint density at radius 1 is 1.53 bits per heavy atom. The third-order valence-electron chi connectivity index (χ3n) is 3.82. The van der Waals surface area contributed by atoms with E-state index in [9.17, 15) is 0 Å². The lowest BCUT2D eigenvalue weighted by Gasteiger charge is -2.37. The van der Waals surface area contributed by atoms with Crippen LogP contribution in [-0.2, 0) is 13.5 Å². The highest BCUT2D eigenvalue weighted by atomic mass is 15.2. The monoisotopic (exact) mass is 236 g/mol. The van der Waals surface area contributed by atoms with Gasteiger partial charge < -0.3 is 5.73 Å². The summed E-state index contributed by atoms with van der Waals surface area (Å²) in [5.74, 6) is 0.832. The topological polar surface area (TPSA) is 47.1 Å². The fourth-order valence-corrected chi connectivity index (χ4v) is 2.71. The number of nitrogens with two attached hydrogens (primary N) is 1. The van der Waals surface area contributed by atoms with E-state index in [4.69, 9.17) is 5.73 Å². The van der Waals surface area contributed by atoms with Crippen molar-refractivity contribution in [2.24, 2.45) is 18.7 Å². The molecule has 2 unspecified atom stereocenters. The number of aromatic nitrogens is 2. The van der Waals surface area contributed by atoms with Gasteiger partial charge in [-0.2, -0.15) is 5.10 Å². The number of piperidine rings is 1. The van der Waals surface area contributed by atoms with Crippen LogP contribution in [0.5, 0.6) is 0 Å². The molecule has 1 aromatic heterocycles. The summed E-state index contributed by atoms with van der Waals surface area (Å²) in [4.78, 5) is 2.55. The summed E-state index contributed by atoms with van der Waals surface area (Å²) in [5, 5.41) is 4.21. The SMILES string of the molecule is CC1CCN(CCc2cnn(C)c2)C(CN)C1. The Balaban J connectivity index is 1.85. The summed E-state index contributed by atoms with van der Waals surface area (Å²) in [6.07, 6.45) is 7.71. The van der Waals surface area contributed by atoms with Crippen LogP contribution >= 0.6 is 0 Å². The minimum absolute atomic E-state index is 0.579. The van der Waals surface area contributed by atoms with Crippen LogP contribution in [0, 0.1) is 5.92 Å². The van der Waals surface area contributed by atoms with Gasteiger partial charge in [-0.1, -0.05) is 6.92 Å². The van der Waals surface area contributed by atoms with Gasteiger partial charge in [-0.3, -0.25) is 9.58 Å². The van der Waals surface area contributed by atoms with Crippen LogP contribution in [0.2, 0.25) is 0 Å². The highest BCUT2D eigenvalue weighted by Crippen LogP contribution is 2.21. The average Bonchev–Trinajstić information content (AvgIpc) is 2.73. The molecule has 1 aliphatic heterocycles. The van der Waals surface area contributed by atoms with Gasteiger partial charge in [-0.25, -0.2) is 0 Å². The second-order valence-corrected chi connectivity index (χ2v) is 5.33. The van der Waals surface area contributed by atoms with Gasteiger partial charge in [0.2, 0.25) is 0 Å². The van der Waals surface area contributed by atoms with E-state index in [0.717, 1.165) is 25.4 Å². The molecule has 96 valence electrons. The highest BCUT2D eigenvalue weighted by molar-refractivity contribution is 5.04. The van der Waals surface area contributed by atoms with Crippen molar-refractivity contribution in [1.29, 1.82) is 0 Å². The highest BCUT2D eigenvalue weighted by Gasteiger charge is 2.24. The van der Waals surface area contributed by atoms with Crippen LogP contribution in [0.1, 0.15) is 25.3 Å². The minimum Gasteiger partial charge on any atom is -0.329 e. The molecule has 0 aliphatic carbocycles. The first-order valence-corrected chi connectivity index (χ1v) is 6.60. The summed E-state index contributed by atoms with van der Waals surface area (Å²) in [6, 6.07) is 0.579. The second-order valence-electron chi connectivity index (χ2n) is 5.33. The zero-order chi connectivity index (χ0) is 12.3. The molecule has 0 amide bonds. The molecule has 1 aliphatic rings. The fourth-order valence-electron chi connectivity index (χ4n) is 2.71. The van der Waals surface area contributed by atoms with Gasteiger partial charge in [-0.15, -0.1) is 0 Å². The van der Waals surface area contributed by atoms with E-state index in [1.165, 1.54) is 24.9 Å². The van der Waals surface area contributed by atoms with E-state index < -0.39 is 0 Å². The predicted octanol–water partition coefficient (Wildman–Crippen LogP) is 1.02. The number of aryl methyl sites for hydroxylation is 1. The first-order chi connectivity index (χ1) is 8.19. The van der Waals surface area contributed by atoms with Gasteiger partial charge >= 0.3 is 0 Å². The maximum Gasteiger partial charge on any atom is 0.0522 e. The maximum atomic E-state index is 5.87. The molecule has 2 atom stereocenters. The quantitative estimate of drug-likeness (QED) is 0.849. The van der Waals surface area contributed by atoms with Gasteiger partial charge in [-0.05, 0) is 37.3 Å². The van der Waals surface area contributed by atoms with E-state index in [1.807, 2.05) is 17.9 Å². The summed E-state index contributed by atoms with van der Waals surface area (Å²) < 4.78 is 1.87. The molecule has 0 radical (unpaired) electrons. The molecule has 1 saturated heterocycles. The summed E-state index contributed by atoms with van der Waals surface area (Å²) in [6.45, 7) is 5.43. The van der Waals surface area contributed by atoms with Gasteiger partial charge in [0, 0.05) is 32.4 Å². The zero-order valence-corrected chi connectivity index (χ0v) is 11.0. The lowest BCUT2D eigenvalue weighted by Crippen LogP contribution is -2.46. The molecule has 0 aromatic carbocycles. The predicted molar refractivity (Wildman–Crippen MR) is 69.7 cm³/mol. The van der Waals surface area contributed by atoms with Crippen molar-refractivity contribution in [3.8, 4) is 0 Å². The molecule has 2 heterocycles. The van der Waals surface area contributed by atoms with E-state index in [-0.39, 0.29) is 0 Å². The lowest BCUT2D eigenvalue weighted by atomic mass is 9.92. The molecule has 0 bridgehead atoms. The van der Waals surface area contributed by atoms with Crippen molar-refractivity contribution in [2.45, 2.75) is 32.2 Å². The van der Waals surface area contributed by atoms with Gasteiger partial charge in [0.25, 0.3) is 0 Å². The van der Waals surface area contributed by atoms with Crippen LogP contribution < -0.4 is 5.73 Å².